The van der Waals surface area contributed by atoms with Crippen LogP contribution in [0.25, 0.3) is 0 Å². The summed E-state index contributed by atoms with van der Waals surface area (Å²) in [4.78, 5) is 23.5. The zero-order valence-corrected chi connectivity index (χ0v) is 11.4. The van der Waals surface area contributed by atoms with Crippen LogP contribution in [0.1, 0.15) is 25.8 Å². The minimum atomic E-state index is -0.525. The normalized spacial score (nSPS) is 20.9. The Morgan fingerprint density at radius 2 is 2.05 bits per heavy atom. The Labute approximate surface area is 113 Å². The Hall–Kier alpha value is -1.84. The van der Waals surface area contributed by atoms with Gasteiger partial charge in [-0.2, -0.15) is 0 Å². The lowest BCUT2D eigenvalue weighted by Crippen LogP contribution is -2.45. The summed E-state index contributed by atoms with van der Waals surface area (Å²) in [5.41, 5.74) is 0.625. The van der Waals surface area contributed by atoms with E-state index in [0.29, 0.717) is 13.0 Å². The van der Waals surface area contributed by atoms with Crippen molar-refractivity contribution in [3.8, 4) is 0 Å². The second-order valence-electron chi connectivity index (χ2n) is 5.54. The third kappa shape index (κ3) is 3.13. The van der Waals surface area contributed by atoms with Gasteiger partial charge in [-0.1, -0.05) is 30.3 Å². The predicted molar refractivity (Wildman–Crippen MR) is 73.5 cm³/mol. The van der Waals surface area contributed by atoms with E-state index in [1.165, 1.54) is 0 Å². The molecule has 2 N–H and O–H groups in total. The highest BCUT2D eigenvalue weighted by atomic mass is 16.2. The molecule has 4 nitrogen and oxygen atoms in total. The Kier molecular flexibility index (Phi) is 3.88. The van der Waals surface area contributed by atoms with Crippen LogP contribution in [-0.2, 0) is 16.0 Å². The molecule has 1 heterocycles. The average Bonchev–Trinajstić information content (AvgIpc) is 2.64. The van der Waals surface area contributed by atoms with Gasteiger partial charge in [0.15, 0.2) is 0 Å². The molecule has 0 aromatic heterocycles. The van der Waals surface area contributed by atoms with Crippen LogP contribution in [0.4, 0.5) is 0 Å². The average molecular weight is 260 g/mol. The second kappa shape index (κ2) is 5.43. The summed E-state index contributed by atoms with van der Waals surface area (Å²) in [7, 11) is 0. The first-order valence-corrected chi connectivity index (χ1v) is 6.62. The highest BCUT2D eigenvalue weighted by molar-refractivity contribution is 5.87. The molecule has 19 heavy (non-hydrogen) atoms. The van der Waals surface area contributed by atoms with Crippen LogP contribution >= 0.6 is 0 Å². The van der Waals surface area contributed by atoms with Crippen LogP contribution in [0.3, 0.4) is 0 Å². The van der Waals surface area contributed by atoms with Crippen LogP contribution in [0, 0.1) is 5.41 Å². The maximum absolute atomic E-state index is 11.9. The van der Waals surface area contributed by atoms with E-state index in [1.54, 1.807) is 0 Å². The molecule has 0 bridgehead atoms. The number of carbonyl (C=O) groups is 2. The third-order valence-electron chi connectivity index (χ3n) is 3.74. The van der Waals surface area contributed by atoms with Crippen LogP contribution in [0.5, 0.6) is 0 Å². The van der Waals surface area contributed by atoms with E-state index >= 15 is 0 Å². The summed E-state index contributed by atoms with van der Waals surface area (Å²) in [6.07, 6.45) is 1.17. The van der Waals surface area contributed by atoms with Crippen molar-refractivity contribution in [3.05, 3.63) is 35.9 Å². The maximum Gasteiger partial charge on any atom is 0.227 e. The summed E-state index contributed by atoms with van der Waals surface area (Å²) < 4.78 is 0. The van der Waals surface area contributed by atoms with Crippen LogP contribution in [0.15, 0.2) is 30.3 Å². The van der Waals surface area contributed by atoms with Gasteiger partial charge in [-0.05, 0) is 25.8 Å². The second-order valence-corrected chi connectivity index (χ2v) is 5.54. The first-order chi connectivity index (χ1) is 9.00. The van der Waals surface area contributed by atoms with Crippen molar-refractivity contribution in [1.29, 1.82) is 0 Å². The number of hydrogen-bond donors (Lipinski definition) is 2. The molecule has 4 heteroatoms. The Morgan fingerprint density at radius 1 is 1.37 bits per heavy atom. The zero-order valence-electron chi connectivity index (χ0n) is 11.4. The number of carbonyl (C=O) groups excluding carboxylic acids is 2. The monoisotopic (exact) mass is 260 g/mol. The van der Waals surface area contributed by atoms with Gasteiger partial charge >= 0.3 is 0 Å². The molecule has 1 aromatic carbocycles. The quantitative estimate of drug-likeness (QED) is 0.856. The molecule has 1 aliphatic heterocycles. The molecule has 102 valence electrons. The molecule has 1 aliphatic rings. The maximum atomic E-state index is 11.9. The fourth-order valence-corrected chi connectivity index (χ4v) is 2.24. The van der Waals surface area contributed by atoms with E-state index in [4.69, 9.17) is 0 Å². The van der Waals surface area contributed by atoms with Crippen LogP contribution in [-0.4, -0.2) is 24.4 Å². The number of amides is 2. The Balaban J connectivity index is 1.84. The standard InChI is InChI=1S/C15H20N2O2/c1-15(2)12(10-16-14(15)19)17-13(18)9-8-11-6-4-3-5-7-11/h3-7,12H,8-10H2,1-2H3,(H,16,19)(H,17,18). The smallest absolute Gasteiger partial charge is 0.227 e. The third-order valence-corrected chi connectivity index (χ3v) is 3.74. The van der Waals surface area contributed by atoms with E-state index in [0.717, 1.165) is 12.0 Å². The van der Waals surface area contributed by atoms with Gasteiger partial charge in [0, 0.05) is 13.0 Å². The van der Waals surface area contributed by atoms with Crippen molar-refractivity contribution in [2.24, 2.45) is 5.41 Å². The highest BCUT2D eigenvalue weighted by Gasteiger charge is 2.42. The Morgan fingerprint density at radius 3 is 2.63 bits per heavy atom. The first kappa shape index (κ1) is 13.6. The Bertz CT molecular complexity index is 468. The van der Waals surface area contributed by atoms with E-state index < -0.39 is 5.41 Å². The largest absolute Gasteiger partial charge is 0.353 e. The topological polar surface area (TPSA) is 58.2 Å². The summed E-state index contributed by atoms with van der Waals surface area (Å²) >= 11 is 0. The number of aryl methyl sites for hydroxylation is 1. The molecule has 1 unspecified atom stereocenters. The first-order valence-electron chi connectivity index (χ1n) is 6.62. The molecule has 0 aliphatic carbocycles. The molecule has 1 saturated heterocycles. The van der Waals surface area contributed by atoms with Gasteiger partial charge in [-0.15, -0.1) is 0 Å². The fourth-order valence-electron chi connectivity index (χ4n) is 2.24. The highest BCUT2D eigenvalue weighted by Crippen LogP contribution is 2.25. The van der Waals surface area contributed by atoms with Crippen molar-refractivity contribution in [2.45, 2.75) is 32.7 Å². The molecule has 2 amide bonds. The molecular weight excluding hydrogens is 240 g/mol. The van der Waals surface area contributed by atoms with Gasteiger partial charge in [0.2, 0.25) is 11.8 Å². The molecule has 0 spiro atoms. The van der Waals surface area contributed by atoms with Crippen molar-refractivity contribution in [3.63, 3.8) is 0 Å². The van der Waals surface area contributed by atoms with Crippen molar-refractivity contribution >= 4 is 11.8 Å². The predicted octanol–water partition coefficient (Wildman–Crippen LogP) is 1.26. The number of hydrogen-bond acceptors (Lipinski definition) is 2. The van der Waals surface area contributed by atoms with Crippen molar-refractivity contribution < 1.29 is 9.59 Å². The zero-order chi connectivity index (χ0) is 13.9. The summed E-state index contributed by atoms with van der Waals surface area (Å²) in [6, 6.07) is 9.80. The molecule has 1 fully saturated rings. The SMILES string of the molecule is CC1(C)C(=O)NCC1NC(=O)CCc1ccccc1. The van der Waals surface area contributed by atoms with Gasteiger partial charge in [0.1, 0.15) is 0 Å². The molecule has 1 aromatic rings. The molecule has 0 radical (unpaired) electrons. The minimum Gasteiger partial charge on any atom is -0.353 e. The molecule has 2 rings (SSSR count). The van der Waals surface area contributed by atoms with Gasteiger partial charge < -0.3 is 10.6 Å². The van der Waals surface area contributed by atoms with Gasteiger partial charge in [-0.25, -0.2) is 0 Å². The lowest BCUT2D eigenvalue weighted by molar-refractivity contribution is -0.127. The minimum absolute atomic E-state index is 0.000796. The number of benzene rings is 1. The summed E-state index contributed by atoms with van der Waals surface area (Å²) in [5.74, 6) is -0.000660. The van der Waals surface area contributed by atoms with Gasteiger partial charge in [0.25, 0.3) is 0 Å². The van der Waals surface area contributed by atoms with Crippen molar-refractivity contribution in [2.75, 3.05) is 6.54 Å². The lowest BCUT2D eigenvalue weighted by atomic mass is 9.87. The van der Waals surface area contributed by atoms with E-state index in [2.05, 4.69) is 10.6 Å². The molecular formula is C15H20N2O2. The lowest BCUT2D eigenvalue weighted by Gasteiger charge is -2.24. The van der Waals surface area contributed by atoms with Gasteiger partial charge in [-0.3, -0.25) is 9.59 Å². The van der Waals surface area contributed by atoms with Crippen LogP contribution < -0.4 is 10.6 Å². The number of nitrogens with one attached hydrogen (secondary N) is 2. The number of rotatable bonds is 4. The van der Waals surface area contributed by atoms with Gasteiger partial charge in [0.05, 0.1) is 11.5 Å². The van der Waals surface area contributed by atoms with E-state index in [1.807, 2.05) is 44.2 Å². The molecule has 1 atom stereocenters. The van der Waals surface area contributed by atoms with E-state index in [9.17, 15) is 9.59 Å². The summed E-state index contributed by atoms with van der Waals surface area (Å²) in [5, 5.41) is 5.73. The summed E-state index contributed by atoms with van der Waals surface area (Å²) in [6.45, 7) is 4.23. The van der Waals surface area contributed by atoms with Crippen molar-refractivity contribution in [1.82, 2.24) is 10.6 Å². The molecule has 0 saturated carbocycles. The fraction of sp³-hybridized carbons (Fsp3) is 0.467. The van der Waals surface area contributed by atoms with E-state index in [-0.39, 0.29) is 17.9 Å². The van der Waals surface area contributed by atoms with Crippen LogP contribution in [0.2, 0.25) is 0 Å².